The molecule has 8 rings (SSSR count). The number of hydrogen-bond donors (Lipinski definition) is 0. The van der Waals surface area contributed by atoms with Crippen LogP contribution >= 0.6 is 11.3 Å². The molecule has 0 saturated heterocycles. The first kappa shape index (κ1) is 46.2. The fourth-order valence-corrected chi connectivity index (χ4v) is 4.30. The Morgan fingerprint density at radius 1 is 0.442 bits per heavy atom. The summed E-state index contributed by atoms with van der Waals surface area (Å²) in [5.74, 6) is 0. The van der Waals surface area contributed by atoms with E-state index >= 15 is 0 Å². The van der Waals surface area contributed by atoms with E-state index in [0.29, 0.717) is 0 Å². The summed E-state index contributed by atoms with van der Waals surface area (Å²) in [6, 6.07) is 32.2. The molecule has 0 N–H and O–H groups in total. The molecule has 0 spiro atoms. The SMILES string of the molecule is C.C.C.Cc1cc2ccccc2cn1.Cc1ccc2ccccc2n1.Cc1ccccn1.Cc1cccnn1.Cc1cnccn1.Cc1nccs1. The van der Waals surface area contributed by atoms with Crippen LogP contribution < -0.4 is 0 Å². The lowest BCUT2D eigenvalue weighted by atomic mass is 10.1. The van der Waals surface area contributed by atoms with Crippen LogP contribution in [0.25, 0.3) is 21.7 Å². The van der Waals surface area contributed by atoms with Crippen LogP contribution in [0.3, 0.4) is 0 Å². The number of fused-ring (bicyclic) bond motifs is 2. The van der Waals surface area contributed by atoms with Gasteiger partial charge in [0.2, 0.25) is 0 Å². The molecule has 0 aliphatic carbocycles. The Morgan fingerprint density at radius 2 is 1.12 bits per heavy atom. The lowest BCUT2D eigenvalue weighted by Gasteiger charge is -1.96. The van der Waals surface area contributed by atoms with E-state index in [4.69, 9.17) is 0 Å². The van der Waals surface area contributed by atoms with Crippen molar-refractivity contribution in [3.63, 3.8) is 0 Å². The van der Waals surface area contributed by atoms with E-state index in [9.17, 15) is 0 Å². The summed E-state index contributed by atoms with van der Waals surface area (Å²) in [7, 11) is 0. The van der Waals surface area contributed by atoms with Crippen LogP contribution in [0.1, 0.15) is 55.8 Å². The van der Waals surface area contributed by atoms with E-state index < -0.39 is 0 Å². The van der Waals surface area contributed by atoms with Crippen LogP contribution in [-0.4, -0.2) is 40.1 Å². The molecule has 9 heteroatoms. The molecule has 6 aromatic heterocycles. The van der Waals surface area contributed by atoms with Crippen LogP contribution in [0.5, 0.6) is 0 Å². The molecule has 52 heavy (non-hydrogen) atoms. The quantitative estimate of drug-likeness (QED) is 0.153. The van der Waals surface area contributed by atoms with Crippen molar-refractivity contribution >= 4 is 33.0 Å². The van der Waals surface area contributed by atoms with Crippen molar-refractivity contribution in [2.75, 3.05) is 0 Å². The Labute approximate surface area is 315 Å². The molecule has 2 aromatic carbocycles. The third-order valence-electron chi connectivity index (χ3n) is 6.27. The highest BCUT2D eigenvalue weighted by Crippen LogP contribution is 2.12. The van der Waals surface area contributed by atoms with Gasteiger partial charge in [-0.3, -0.25) is 29.9 Å². The van der Waals surface area contributed by atoms with Crippen LogP contribution in [0, 0.1) is 41.5 Å². The van der Waals surface area contributed by atoms with E-state index in [-0.39, 0.29) is 22.3 Å². The predicted octanol–water partition coefficient (Wildman–Crippen LogP) is 11.4. The van der Waals surface area contributed by atoms with Gasteiger partial charge < -0.3 is 0 Å². The zero-order valence-corrected chi connectivity index (χ0v) is 29.7. The van der Waals surface area contributed by atoms with Crippen molar-refractivity contribution in [3.05, 3.63) is 179 Å². The van der Waals surface area contributed by atoms with Crippen molar-refractivity contribution in [1.29, 1.82) is 0 Å². The van der Waals surface area contributed by atoms with Crippen LogP contribution in [0.4, 0.5) is 0 Å². The Balaban J connectivity index is 0.000000603. The maximum atomic E-state index is 4.38. The average molecular weight is 715 g/mol. The minimum atomic E-state index is 0. The van der Waals surface area contributed by atoms with Gasteiger partial charge in [0, 0.05) is 76.6 Å². The van der Waals surface area contributed by atoms with E-state index in [2.05, 4.69) is 70.4 Å². The van der Waals surface area contributed by atoms with Gasteiger partial charge in [0.25, 0.3) is 0 Å². The summed E-state index contributed by atoms with van der Waals surface area (Å²) in [5, 5.41) is 14.1. The monoisotopic (exact) mass is 714 g/mol. The molecule has 8 aromatic rings. The van der Waals surface area contributed by atoms with E-state index in [1.807, 2.05) is 120 Å². The maximum absolute atomic E-state index is 4.38. The normalized spacial score (nSPS) is 8.88. The van der Waals surface area contributed by atoms with Gasteiger partial charge in [-0.2, -0.15) is 10.2 Å². The highest BCUT2D eigenvalue weighted by molar-refractivity contribution is 7.09. The summed E-state index contributed by atoms with van der Waals surface area (Å²) in [6.45, 7) is 11.8. The maximum Gasteiger partial charge on any atom is 0.0893 e. The number of nitrogens with zero attached hydrogens (tertiary/aromatic N) is 8. The first-order valence-corrected chi connectivity index (χ1v) is 16.5. The molecule has 0 aliphatic heterocycles. The van der Waals surface area contributed by atoms with Crippen LogP contribution in [0.2, 0.25) is 0 Å². The molecule has 0 fully saturated rings. The van der Waals surface area contributed by atoms with Gasteiger partial charge in [0.1, 0.15) is 0 Å². The van der Waals surface area contributed by atoms with Gasteiger partial charge in [-0.15, -0.1) is 11.3 Å². The number of para-hydroxylation sites is 1. The van der Waals surface area contributed by atoms with Crippen molar-refractivity contribution in [2.24, 2.45) is 0 Å². The molecule has 0 radical (unpaired) electrons. The molecule has 6 heterocycles. The molecule has 0 atom stereocenters. The van der Waals surface area contributed by atoms with Gasteiger partial charge in [0.05, 0.1) is 21.9 Å². The third-order valence-corrected chi connectivity index (χ3v) is 6.98. The highest BCUT2D eigenvalue weighted by Gasteiger charge is 1.92. The number of aromatic nitrogens is 8. The van der Waals surface area contributed by atoms with Crippen molar-refractivity contribution in [3.8, 4) is 0 Å². The number of pyridine rings is 3. The Hall–Kier alpha value is -5.80. The molecule has 0 unspecified atom stereocenters. The van der Waals surface area contributed by atoms with E-state index in [1.165, 1.54) is 16.2 Å². The Bertz CT molecular complexity index is 1860. The lowest BCUT2D eigenvalue weighted by molar-refractivity contribution is 0.980. The minimum Gasteiger partial charge on any atom is -0.262 e. The number of benzene rings is 2. The average Bonchev–Trinajstić information content (AvgIpc) is 3.61. The fourth-order valence-electron chi connectivity index (χ4n) is 3.86. The molecule has 0 aliphatic rings. The minimum absolute atomic E-state index is 0. The van der Waals surface area contributed by atoms with Crippen LogP contribution in [0.15, 0.2) is 146 Å². The number of hydrogen-bond acceptors (Lipinski definition) is 9. The fraction of sp³-hybridized carbons (Fsp3) is 0.209. The second-order valence-corrected chi connectivity index (χ2v) is 11.7. The van der Waals surface area contributed by atoms with Crippen LogP contribution in [-0.2, 0) is 0 Å². The summed E-state index contributed by atoms with van der Waals surface area (Å²) < 4.78 is 0. The Morgan fingerprint density at radius 3 is 1.60 bits per heavy atom. The summed E-state index contributed by atoms with van der Waals surface area (Å²) in [5.41, 5.74) is 6.22. The molecule has 272 valence electrons. The van der Waals surface area contributed by atoms with Crippen molar-refractivity contribution in [1.82, 2.24) is 40.1 Å². The summed E-state index contributed by atoms with van der Waals surface area (Å²) in [6.07, 6.45) is 12.2. The number of thiazole rings is 1. The van der Waals surface area contributed by atoms with E-state index in [1.54, 1.807) is 48.5 Å². The van der Waals surface area contributed by atoms with Gasteiger partial charge in [0.15, 0.2) is 0 Å². The zero-order valence-electron chi connectivity index (χ0n) is 28.8. The second-order valence-electron chi connectivity index (χ2n) is 10.6. The van der Waals surface area contributed by atoms with E-state index in [0.717, 1.165) is 39.0 Å². The third kappa shape index (κ3) is 19.4. The van der Waals surface area contributed by atoms with Gasteiger partial charge in [-0.05, 0) is 89.4 Å². The smallest absolute Gasteiger partial charge is 0.0893 e. The van der Waals surface area contributed by atoms with Gasteiger partial charge >= 0.3 is 0 Å². The first-order valence-electron chi connectivity index (χ1n) is 15.6. The number of aryl methyl sites for hydroxylation is 6. The predicted molar refractivity (Wildman–Crippen MR) is 223 cm³/mol. The molecule has 0 amide bonds. The first-order chi connectivity index (χ1) is 23.8. The van der Waals surface area contributed by atoms with Crippen molar-refractivity contribution < 1.29 is 0 Å². The zero-order chi connectivity index (χ0) is 35.1. The standard InChI is InChI=1S/2C10H9N.C6H7N.2C5H6N2.C4H5NS.3CH4/c1-8-6-9-4-2-3-5-10(9)7-11-8;1-8-6-7-9-4-2-3-5-10(9)11-8;1-6-4-2-3-5-7-6;1-5-4-6-2-3-7-5;1-5-3-2-4-6-7-5;1-4-5-2-3-6-4;;;/h2*2-7H,1H3;2-5H,1H3;2*2-4H,1H3;2-3H,1H3;3*1H4. The molecule has 0 bridgehead atoms. The lowest BCUT2D eigenvalue weighted by Crippen LogP contribution is -1.80. The van der Waals surface area contributed by atoms with Crippen molar-refractivity contribution in [2.45, 2.75) is 63.8 Å². The summed E-state index contributed by atoms with van der Waals surface area (Å²) >= 11 is 1.67. The summed E-state index contributed by atoms with van der Waals surface area (Å²) in [4.78, 5) is 24.2. The molecular formula is C43H54N8S. The van der Waals surface area contributed by atoms with Gasteiger partial charge in [-0.25, -0.2) is 0 Å². The number of rotatable bonds is 0. The van der Waals surface area contributed by atoms with Gasteiger partial charge in [-0.1, -0.05) is 76.9 Å². The molecule has 0 saturated carbocycles. The molecule has 8 nitrogen and oxygen atoms in total. The molecular weight excluding hydrogens is 661 g/mol. The Kier molecular flexibility index (Phi) is 24.0. The topological polar surface area (TPSA) is 103 Å². The highest BCUT2D eigenvalue weighted by atomic mass is 32.1. The second kappa shape index (κ2) is 27.0. The largest absolute Gasteiger partial charge is 0.262 e.